The molecule has 4 nitrogen and oxygen atoms in total. The summed E-state index contributed by atoms with van der Waals surface area (Å²) in [7, 11) is 0. The lowest BCUT2D eigenvalue weighted by Gasteiger charge is -2.32. The number of carbonyl (C=O) groups is 2. The van der Waals surface area contributed by atoms with Crippen LogP contribution >= 0.6 is 27.7 Å². The number of hydrogen-bond acceptors (Lipinski definition) is 3. The fraction of sp³-hybridized carbons (Fsp3) is 0.462. The predicted octanol–water partition coefficient (Wildman–Crippen LogP) is 5.94. The predicted molar refractivity (Wildman–Crippen MR) is 136 cm³/mol. The van der Waals surface area contributed by atoms with E-state index < -0.39 is 6.04 Å². The SMILES string of the molecule is CC[C@H](C(=O)NC1CCCCC1)N(Cc1ccccc1)C(=O)CSCc1ccc(Br)cc1. The average molecular weight is 518 g/mol. The molecule has 1 saturated carbocycles. The minimum atomic E-state index is -0.446. The largest absolute Gasteiger partial charge is 0.352 e. The smallest absolute Gasteiger partial charge is 0.243 e. The molecule has 6 heteroatoms. The van der Waals surface area contributed by atoms with Gasteiger partial charge in [-0.05, 0) is 42.5 Å². The number of carbonyl (C=O) groups excluding carboxylic acids is 2. The van der Waals surface area contributed by atoms with Crippen LogP contribution < -0.4 is 5.32 Å². The number of halogens is 1. The Morgan fingerprint density at radius 2 is 1.72 bits per heavy atom. The summed E-state index contributed by atoms with van der Waals surface area (Å²) in [6.45, 7) is 2.44. The van der Waals surface area contributed by atoms with E-state index in [1.807, 2.05) is 49.4 Å². The molecule has 172 valence electrons. The van der Waals surface area contributed by atoms with E-state index in [4.69, 9.17) is 0 Å². The molecule has 0 saturated heterocycles. The molecule has 2 aromatic rings. The molecule has 3 rings (SSSR count). The molecular formula is C26H33BrN2O2S. The van der Waals surface area contributed by atoms with E-state index in [1.54, 1.807) is 16.7 Å². The lowest BCUT2D eigenvalue weighted by molar-refractivity contribution is -0.139. The van der Waals surface area contributed by atoms with Gasteiger partial charge in [0.05, 0.1) is 5.75 Å². The zero-order valence-electron chi connectivity index (χ0n) is 18.8. The first-order valence-electron chi connectivity index (χ1n) is 11.5. The van der Waals surface area contributed by atoms with Gasteiger partial charge in [0.1, 0.15) is 6.04 Å². The van der Waals surface area contributed by atoms with Gasteiger partial charge in [0.2, 0.25) is 11.8 Å². The molecule has 0 radical (unpaired) electrons. The van der Waals surface area contributed by atoms with Crippen molar-refractivity contribution in [2.75, 3.05) is 5.75 Å². The summed E-state index contributed by atoms with van der Waals surface area (Å²) < 4.78 is 1.05. The molecule has 1 aliphatic rings. The molecule has 0 bridgehead atoms. The monoisotopic (exact) mass is 516 g/mol. The zero-order chi connectivity index (χ0) is 22.8. The number of nitrogens with one attached hydrogen (secondary N) is 1. The van der Waals surface area contributed by atoms with E-state index >= 15 is 0 Å². The van der Waals surface area contributed by atoms with Crippen LogP contribution in [0.1, 0.15) is 56.6 Å². The Labute approximate surface area is 204 Å². The number of nitrogens with zero attached hydrogens (tertiary/aromatic N) is 1. The van der Waals surface area contributed by atoms with E-state index in [-0.39, 0.29) is 17.9 Å². The van der Waals surface area contributed by atoms with Gasteiger partial charge in [-0.15, -0.1) is 11.8 Å². The highest BCUT2D eigenvalue weighted by Gasteiger charge is 2.30. The number of benzene rings is 2. The highest BCUT2D eigenvalue weighted by atomic mass is 79.9. The minimum absolute atomic E-state index is 0.0124. The lowest BCUT2D eigenvalue weighted by atomic mass is 9.95. The normalized spacial score (nSPS) is 15.2. The summed E-state index contributed by atoms with van der Waals surface area (Å²) in [5.41, 5.74) is 2.23. The van der Waals surface area contributed by atoms with Gasteiger partial charge in [-0.3, -0.25) is 9.59 Å². The van der Waals surface area contributed by atoms with Crippen molar-refractivity contribution in [1.82, 2.24) is 10.2 Å². The van der Waals surface area contributed by atoms with E-state index in [0.29, 0.717) is 18.7 Å². The summed E-state index contributed by atoms with van der Waals surface area (Å²) >= 11 is 5.05. The summed E-state index contributed by atoms with van der Waals surface area (Å²) in [5, 5.41) is 3.23. The number of amides is 2. The third-order valence-corrected chi connectivity index (χ3v) is 7.46. The Hall–Kier alpha value is -1.79. The Bertz CT molecular complexity index is 854. The van der Waals surface area contributed by atoms with Crippen molar-refractivity contribution in [3.8, 4) is 0 Å². The fourth-order valence-corrected chi connectivity index (χ4v) is 5.30. The maximum atomic E-state index is 13.3. The molecule has 1 atom stereocenters. The van der Waals surface area contributed by atoms with Gasteiger partial charge in [-0.2, -0.15) is 0 Å². The second-order valence-electron chi connectivity index (χ2n) is 8.39. The van der Waals surface area contributed by atoms with Crippen LogP contribution in [0.2, 0.25) is 0 Å². The van der Waals surface area contributed by atoms with Gasteiger partial charge >= 0.3 is 0 Å². The zero-order valence-corrected chi connectivity index (χ0v) is 21.2. The first-order valence-corrected chi connectivity index (χ1v) is 13.5. The average Bonchev–Trinajstić information content (AvgIpc) is 2.81. The molecule has 0 spiro atoms. The van der Waals surface area contributed by atoms with Gasteiger partial charge in [-0.1, -0.05) is 84.6 Å². The third kappa shape index (κ3) is 7.66. The molecule has 1 aliphatic carbocycles. The summed E-state index contributed by atoms with van der Waals surface area (Å²) in [4.78, 5) is 28.3. The highest BCUT2D eigenvalue weighted by Crippen LogP contribution is 2.21. The van der Waals surface area contributed by atoms with Crippen molar-refractivity contribution in [2.45, 2.75) is 69.8 Å². The second-order valence-corrected chi connectivity index (χ2v) is 10.3. The Kier molecular flexibility index (Phi) is 10.1. The maximum absolute atomic E-state index is 13.3. The van der Waals surface area contributed by atoms with Crippen LogP contribution in [0.15, 0.2) is 59.1 Å². The van der Waals surface area contributed by atoms with Crippen molar-refractivity contribution in [1.29, 1.82) is 0 Å². The van der Waals surface area contributed by atoms with Gasteiger partial charge in [0.15, 0.2) is 0 Å². The van der Waals surface area contributed by atoms with Crippen LogP contribution in [0, 0.1) is 0 Å². The van der Waals surface area contributed by atoms with Crippen LogP contribution in [0.25, 0.3) is 0 Å². The molecule has 2 amide bonds. The van der Waals surface area contributed by atoms with Gasteiger partial charge < -0.3 is 10.2 Å². The molecular weight excluding hydrogens is 484 g/mol. The van der Waals surface area contributed by atoms with Crippen LogP contribution in [0.3, 0.4) is 0 Å². The third-order valence-electron chi connectivity index (χ3n) is 5.94. The first kappa shape index (κ1) is 24.8. The molecule has 2 aromatic carbocycles. The molecule has 0 aliphatic heterocycles. The quantitative estimate of drug-likeness (QED) is 0.425. The minimum Gasteiger partial charge on any atom is -0.352 e. The molecule has 0 aromatic heterocycles. The van der Waals surface area contributed by atoms with Crippen LogP contribution in [0.5, 0.6) is 0 Å². The maximum Gasteiger partial charge on any atom is 0.243 e. The number of rotatable bonds is 10. The summed E-state index contributed by atoms with van der Waals surface area (Å²) in [6.07, 6.45) is 6.27. The van der Waals surface area contributed by atoms with Crippen molar-refractivity contribution < 1.29 is 9.59 Å². The van der Waals surface area contributed by atoms with Gasteiger partial charge in [0.25, 0.3) is 0 Å². The molecule has 0 heterocycles. The van der Waals surface area contributed by atoms with E-state index in [9.17, 15) is 9.59 Å². The first-order chi connectivity index (χ1) is 15.6. The van der Waals surface area contributed by atoms with Crippen LogP contribution in [-0.2, 0) is 21.9 Å². The Balaban J connectivity index is 1.66. The summed E-state index contributed by atoms with van der Waals surface area (Å²) in [6, 6.07) is 17.9. The number of hydrogen-bond donors (Lipinski definition) is 1. The Morgan fingerprint density at radius 3 is 2.38 bits per heavy atom. The molecule has 1 N–H and O–H groups in total. The van der Waals surface area contributed by atoms with Crippen molar-refractivity contribution in [2.24, 2.45) is 0 Å². The molecule has 32 heavy (non-hydrogen) atoms. The van der Waals surface area contributed by atoms with Gasteiger partial charge in [0, 0.05) is 22.8 Å². The molecule has 1 fully saturated rings. The van der Waals surface area contributed by atoms with Crippen LogP contribution in [0.4, 0.5) is 0 Å². The molecule has 0 unspecified atom stereocenters. The van der Waals surface area contributed by atoms with Crippen molar-refractivity contribution in [3.63, 3.8) is 0 Å². The van der Waals surface area contributed by atoms with Crippen molar-refractivity contribution in [3.05, 3.63) is 70.2 Å². The van der Waals surface area contributed by atoms with E-state index in [1.165, 1.54) is 24.8 Å². The lowest BCUT2D eigenvalue weighted by Crippen LogP contribution is -2.52. The standard InChI is InChI=1S/C26H33BrN2O2S/c1-2-24(26(31)28-23-11-7-4-8-12-23)29(17-20-9-5-3-6-10-20)25(30)19-32-18-21-13-15-22(27)16-14-21/h3,5-6,9-10,13-16,23-24H,2,4,7-8,11-12,17-19H2,1H3,(H,28,31)/t24-/m1/s1. The Morgan fingerprint density at radius 1 is 1.03 bits per heavy atom. The second kappa shape index (κ2) is 13.0. The van der Waals surface area contributed by atoms with E-state index in [2.05, 4.69) is 33.4 Å². The summed E-state index contributed by atoms with van der Waals surface area (Å²) in [5.74, 6) is 1.13. The van der Waals surface area contributed by atoms with Crippen molar-refractivity contribution >= 4 is 39.5 Å². The van der Waals surface area contributed by atoms with E-state index in [0.717, 1.165) is 28.6 Å². The van der Waals surface area contributed by atoms with Gasteiger partial charge in [-0.25, -0.2) is 0 Å². The number of thioether (sulfide) groups is 1. The topological polar surface area (TPSA) is 49.4 Å². The fourth-order valence-electron chi connectivity index (χ4n) is 4.16. The van der Waals surface area contributed by atoms with Crippen LogP contribution in [-0.4, -0.2) is 34.6 Å². The highest BCUT2D eigenvalue weighted by molar-refractivity contribution is 9.10.